The summed E-state index contributed by atoms with van der Waals surface area (Å²) in [5.41, 5.74) is 9.18. The van der Waals surface area contributed by atoms with Gasteiger partial charge in [0.25, 0.3) is 0 Å². The molecule has 4 heteroatoms. The number of rotatable bonds is 1. The van der Waals surface area contributed by atoms with Crippen molar-refractivity contribution in [1.82, 2.24) is 9.97 Å². The van der Waals surface area contributed by atoms with Crippen molar-refractivity contribution in [3.63, 3.8) is 0 Å². The molecule has 92 valence electrons. The fraction of sp³-hybridized carbons (Fsp3) is 0.133. The molecule has 19 heavy (non-hydrogen) atoms. The summed E-state index contributed by atoms with van der Waals surface area (Å²) in [7, 11) is 0. The molecule has 2 N–H and O–H groups in total. The van der Waals surface area contributed by atoms with Crippen molar-refractivity contribution in [2.24, 2.45) is 0 Å². The number of hydrogen-bond donors (Lipinski definition) is 1. The molecule has 0 aliphatic heterocycles. The zero-order chi connectivity index (χ0) is 14.0. The third kappa shape index (κ3) is 2.12. The number of terminal acetylenes is 1. The summed E-state index contributed by atoms with van der Waals surface area (Å²) in [5, 5.41) is 9.04. The predicted molar refractivity (Wildman–Crippen MR) is 74.0 cm³/mol. The van der Waals surface area contributed by atoms with Crippen molar-refractivity contribution in [2.75, 3.05) is 5.73 Å². The van der Waals surface area contributed by atoms with Crippen molar-refractivity contribution < 1.29 is 0 Å². The Morgan fingerprint density at radius 3 is 2.58 bits per heavy atom. The highest BCUT2D eigenvalue weighted by Gasteiger charge is 2.12. The largest absolute Gasteiger partial charge is 0.383 e. The molecule has 4 nitrogen and oxygen atoms in total. The van der Waals surface area contributed by atoms with E-state index in [1.807, 2.05) is 13.0 Å². The molecule has 0 bridgehead atoms. The number of aromatic nitrogens is 2. The van der Waals surface area contributed by atoms with Gasteiger partial charge in [-0.1, -0.05) is 12.1 Å². The smallest absolute Gasteiger partial charge is 0.163 e. The van der Waals surface area contributed by atoms with Gasteiger partial charge in [0.15, 0.2) is 5.82 Å². The van der Waals surface area contributed by atoms with Gasteiger partial charge in [0.2, 0.25) is 0 Å². The molecule has 0 atom stereocenters. The van der Waals surface area contributed by atoms with Crippen molar-refractivity contribution >= 4 is 5.82 Å². The van der Waals surface area contributed by atoms with Crippen LogP contribution >= 0.6 is 0 Å². The van der Waals surface area contributed by atoms with Crippen LogP contribution in [0.2, 0.25) is 0 Å². The zero-order valence-corrected chi connectivity index (χ0v) is 10.7. The summed E-state index contributed by atoms with van der Waals surface area (Å²) in [6.07, 6.45) is 5.41. The molecule has 0 amide bonds. The van der Waals surface area contributed by atoms with E-state index in [9.17, 15) is 0 Å². The van der Waals surface area contributed by atoms with Crippen LogP contribution in [0.4, 0.5) is 5.82 Å². The van der Waals surface area contributed by atoms with E-state index in [0.29, 0.717) is 28.5 Å². The lowest BCUT2D eigenvalue weighted by Crippen LogP contribution is -2.03. The summed E-state index contributed by atoms with van der Waals surface area (Å²) in [4.78, 5) is 8.57. The average molecular weight is 248 g/mol. The van der Waals surface area contributed by atoms with Crippen LogP contribution in [-0.2, 0) is 0 Å². The lowest BCUT2D eigenvalue weighted by atomic mass is 10.0. The van der Waals surface area contributed by atoms with Crippen molar-refractivity contribution in [1.29, 1.82) is 5.26 Å². The van der Waals surface area contributed by atoms with Crippen LogP contribution in [0.25, 0.3) is 11.4 Å². The third-order valence-corrected chi connectivity index (χ3v) is 3.02. The minimum atomic E-state index is 0.361. The lowest BCUT2D eigenvalue weighted by molar-refractivity contribution is 1.12. The fourth-order valence-corrected chi connectivity index (χ4v) is 1.79. The second-order valence-electron chi connectivity index (χ2n) is 4.14. The van der Waals surface area contributed by atoms with Crippen LogP contribution in [0, 0.1) is 37.5 Å². The highest BCUT2D eigenvalue weighted by Crippen LogP contribution is 2.24. The van der Waals surface area contributed by atoms with Crippen LogP contribution in [-0.4, -0.2) is 9.97 Å². The molecular weight excluding hydrogens is 236 g/mol. The van der Waals surface area contributed by atoms with Crippen LogP contribution in [0.3, 0.4) is 0 Å². The molecule has 0 radical (unpaired) electrons. The first-order chi connectivity index (χ1) is 9.08. The average Bonchev–Trinajstić information content (AvgIpc) is 2.42. The van der Waals surface area contributed by atoms with Gasteiger partial charge in [-0.2, -0.15) is 5.26 Å². The Morgan fingerprint density at radius 2 is 1.95 bits per heavy atom. The first-order valence-corrected chi connectivity index (χ1v) is 5.69. The van der Waals surface area contributed by atoms with Crippen molar-refractivity contribution in [3.8, 4) is 29.8 Å². The Hall–Kier alpha value is -2.85. The Kier molecular flexibility index (Phi) is 3.18. The molecule has 2 rings (SSSR count). The van der Waals surface area contributed by atoms with Gasteiger partial charge in [0.1, 0.15) is 11.5 Å². The molecule has 0 saturated heterocycles. The predicted octanol–water partition coefficient (Wildman–Crippen LogP) is 2.20. The Balaban J connectivity index is 2.71. The molecular formula is C15H12N4. The van der Waals surface area contributed by atoms with Crippen LogP contribution < -0.4 is 5.73 Å². The monoisotopic (exact) mass is 248 g/mol. The molecule has 1 aromatic carbocycles. The summed E-state index contributed by atoms with van der Waals surface area (Å²) in [6, 6.07) is 7.52. The van der Waals surface area contributed by atoms with E-state index in [-0.39, 0.29) is 0 Å². The fourth-order valence-electron chi connectivity index (χ4n) is 1.79. The van der Waals surface area contributed by atoms with Gasteiger partial charge in [0, 0.05) is 11.1 Å². The van der Waals surface area contributed by atoms with E-state index in [4.69, 9.17) is 17.4 Å². The number of nitrogens with two attached hydrogens (primary N) is 1. The maximum atomic E-state index is 9.04. The van der Waals surface area contributed by atoms with Crippen LogP contribution in [0.1, 0.15) is 22.4 Å². The molecule has 1 heterocycles. The molecule has 0 aliphatic carbocycles. The quantitative estimate of drug-likeness (QED) is 0.785. The first-order valence-electron chi connectivity index (χ1n) is 5.69. The van der Waals surface area contributed by atoms with E-state index >= 15 is 0 Å². The van der Waals surface area contributed by atoms with Gasteiger partial charge in [-0.25, -0.2) is 9.97 Å². The van der Waals surface area contributed by atoms with Gasteiger partial charge < -0.3 is 5.73 Å². The van der Waals surface area contributed by atoms with Gasteiger partial charge in [0.05, 0.1) is 11.6 Å². The standard InChI is InChI=1S/C15H12N4/c1-4-13-10(3)14(17)19-15(18-13)12-7-5-6-11(8-16)9(12)2/h1,5-7H,2-3H3,(H2,17,18,19). The highest BCUT2D eigenvalue weighted by atomic mass is 15.0. The normalized spacial score (nSPS) is 9.68. The van der Waals surface area contributed by atoms with E-state index < -0.39 is 0 Å². The van der Waals surface area contributed by atoms with E-state index in [1.54, 1.807) is 19.1 Å². The van der Waals surface area contributed by atoms with Crippen LogP contribution in [0.5, 0.6) is 0 Å². The second kappa shape index (κ2) is 4.80. The number of hydrogen-bond acceptors (Lipinski definition) is 4. The molecule has 2 aromatic rings. The number of nitriles is 1. The first kappa shape index (κ1) is 12.6. The maximum absolute atomic E-state index is 9.04. The van der Waals surface area contributed by atoms with E-state index in [2.05, 4.69) is 22.0 Å². The van der Waals surface area contributed by atoms with E-state index in [0.717, 1.165) is 11.1 Å². The molecule has 0 fully saturated rings. The number of nitrogens with zero attached hydrogens (tertiary/aromatic N) is 3. The summed E-state index contributed by atoms with van der Waals surface area (Å²) < 4.78 is 0. The number of nitrogen functional groups attached to an aromatic ring is 1. The SMILES string of the molecule is C#Cc1nc(-c2cccc(C#N)c2C)nc(N)c1C. The Labute approximate surface area is 111 Å². The van der Waals surface area contributed by atoms with Crippen LogP contribution in [0.15, 0.2) is 18.2 Å². The lowest BCUT2D eigenvalue weighted by Gasteiger charge is -2.09. The number of anilines is 1. The van der Waals surface area contributed by atoms with E-state index in [1.165, 1.54) is 0 Å². The molecule has 0 unspecified atom stereocenters. The van der Waals surface area contributed by atoms with Gasteiger partial charge >= 0.3 is 0 Å². The third-order valence-electron chi connectivity index (χ3n) is 3.02. The molecule has 1 aromatic heterocycles. The maximum Gasteiger partial charge on any atom is 0.163 e. The zero-order valence-electron chi connectivity index (χ0n) is 10.7. The summed E-state index contributed by atoms with van der Waals surface area (Å²) in [6.45, 7) is 3.63. The Morgan fingerprint density at radius 1 is 1.21 bits per heavy atom. The van der Waals surface area contributed by atoms with Crippen molar-refractivity contribution in [3.05, 3.63) is 40.6 Å². The Bertz CT molecular complexity index is 733. The molecule has 0 aliphatic rings. The minimum absolute atomic E-state index is 0.361. The topological polar surface area (TPSA) is 75.6 Å². The highest BCUT2D eigenvalue weighted by molar-refractivity contribution is 5.66. The van der Waals surface area contributed by atoms with Gasteiger partial charge in [-0.15, -0.1) is 6.42 Å². The van der Waals surface area contributed by atoms with Gasteiger partial charge in [-0.3, -0.25) is 0 Å². The summed E-state index contributed by atoms with van der Waals surface area (Å²) in [5.74, 6) is 3.31. The minimum Gasteiger partial charge on any atom is -0.383 e. The summed E-state index contributed by atoms with van der Waals surface area (Å²) >= 11 is 0. The van der Waals surface area contributed by atoms with Gasteiger partial charge in [-0.05, 0) is 31.4 Å². The molecule has 0 spiro atoms. The molecule has 0 saturated carbocycles. The van der Waals surface area contributed by atoms with Crippen molar-refractivity contribution in [2.45, 2.75) is 13.8 Å². The number of benzene rings is 1. The second-order valence-corrected chi connectivity index (χ2v) is 4.14.